The molecule has 1 aromatic heterocycles. The summed E-state index contributed by atoms with van der Waals surface area (Å²) in [5.74, 6) is -0.259. The van der Waals surface area contributed by atoms with Crippen LogP contribution in [0.2, 0.25) is 0 Å². The first-order valence-corrected chi connectivity index (χ1v) is 6.67. The van der Waals surface area contributed by atoms with Crippen LogP contribution in [0.25, 0.3) is 0 Å². The Kier molecular flexibility index (Phi) is 4.08. The average Bonchev–Trinajstić information content (AvgIpc) is 3.04. The van der Waals surface area contributed by atoms with E-state index in [1.807, 2.05) is 0 Å². The zero-order valence-electron chi connectivity index (χ0n) is 12.1. The average molecular weight is 279 g/mol. The van der Waals surface area contributed by atoms with Crippen molar-refractivity contribution in [2.75, 3.05) is 20.6 Å². The Morgan fingerprint density at radius 2 is 2.20 bits per heavy atom. The molecule has 1 aliphatic rings. The van der Waals surface area contributed by atoms with Gasteiger partial charge in [0.2, 0.25) is 11.8 Å². The molecule has 110 valence electrons. The van der Waals surface area contributed by atoms with Crippen LogP contribution in [0.3, 0.4) is 0 Å². The summed E-state index contributed by atoms with van der Waals surface area (Å²) in [6.45, 7) is 0.580. The molecule has 2 heterocycles. The number of amides is 2. The molecule has 1 aliphatic heterocycles. The highest BCUT2D eigenvalue weighted by Crippen LogP contribution is 2.23. The molecule has 2 atom stereocenters. The minimum Gasteiger partial charge on any atom is -0.347 e. The molecule has 7 nitrogen and oxygen atoms in total. The summed E-state index contributed by atoms with van der Waals surface area (Å²) in [5, 5.41) is 4.02. The number of likely N-dealkylation sites (N-methyl/N-ethyl adjacent to an activating group) is 1. The van der Waals surface area contributed by atoms with E-state index in [4.69, 9.17) is 5.73 Å². The molecule has 0 spiro atoms. The Morgan fingerprint density at radius 3 is 2.75 bits per heavy atom. The SMILES string of the molecule is CN(C)C(=O)C1CCCN1C(=O)C(N)c1cnn(C)c1. The number of carbonyl (C=O) groups excluding carboxylic acids is 2. The van der Waals surface area contributed by atoms with Gasteiger partial charge in [-0.05, 0) is 12.8 Å². The van der Waals surface area contributed by atoms with Gasteiger partial charge in [0.25, 0.3) is 0 Å². The van der Waals surface area contributed by atoms with Crippen LogP contribution in [-0.4, -0.2) is 58.1 Å². The number of nitrogens with two attached hydrogens (primary N) is 1. The molecular formula is C13H21N5O2. The van der Waals surface area contributed by atoms with Gasteiger partial charge in [-0.3, -0.25) is 14.3 Å². The van der Waals surface area contributed by atoms with Gasteiger partial charge in [0.1, 0.15) is 12.1 Å². The molecule has 0 bridgehead atoms. The molecule has 20 heavy (non-hydrogen) atoms. The van der Waals surface area contributed by atoms with Crippen LogP contribution in [0, 0.1) is 0 Å². The Labute approximate surface area is 118 Å². The summed E-state index contributed by atoms with van der Waals surface area (Å²) in [7, 11) is 5.17. The van der Waals surface area contributed by atoms with Gasteiger partial charge in [0.15, 0.2) is 0 Å². The quantitative estimate of drug-likeness (QED) is 0.808. The normalized spacial score (nSPS) is 20.0. The van der Waals surface area contributed by atoms with E-state index in [2.05, 4.69) is 5.10 Å². The van der Waals surface area contributed by atoms with Crippen molar-refractivity contribution >= 4 is 11.8 Å². The van der Waals surface area contributed by atoms with Crippen molar-refractivity contribution < 1.29 is 9.59 Å². The van der Waals surface area contributed by atoms with E-state index in [1.165, 1.54) is 4.90 Å². The number of hydrogen-bond donors (Lipinski definition) is 1. The minimum absolute atomic E-state index is 0.0470. The van der Waals surface area contributed by atoms with Crippen LogP contribution in [0.1, 0.15) is 24.4 Å². The minimum atomic E-state index is -0.765. The van der Waals surface area contributed by atoms with Crippen molar-refractivity contribution in [1.29, 1.82) is 0 Å². The molecule has 2 rings (SSSR count). The summed E-state index contributed by atoms with van der Waals surface area (Å²) in [6.07, 6.45) is 4.83. The molecule has 2 unspecified atom stereocenters. The third-order valence-corrected chi connectivity index (χ3v) is 3.61. The first-order valence-electron chi connectivity index (χ1n) is 6.67. The van der Waals surface area contributed by atoms with Gasteiger partial charge in [0, 0.05) is 39.4 Å². The highest BCUT2D eigenvalue weighted by Gasteiger charge is 2.37. The largest absolute Gasteiger partial charge is 0.347 e. The molecule has 7 heteroatoms. The highest BCUT2D eigenvalue weighted by atomic mass is 16.2. The maximum atomic E-state index is 12.5. The van der Waals surface area contributed by atoms with Crippen LogP contribution in [0.4, 0.5) is 0 Å². The molecule has 1 aromatic rings. The summed E-state index contributed by atoms with van der Waals surface area (Å²) in [4.78, 5) is 27.7. The van der Waals surface area contributed by atoms with Gasteiger partial charge in [-0.15, -0.1) is 0 Å². The molecule has 2 amide bonds. The van der Waals surface area contributed by atoms with Gasteiger partial charge < -0.3 is 15.5 Å². The van der Waals surface area contributed by atoms with Gasteiger partial charge in [-0.25, -0.2) is 0 Å². The van der Waals surface area contributed by atoms with E-state index >= 15 is 0 Å². The lowest BCUT2D eigenvalue weighted by molar-refractivity contribution is -0.143. The number of aryl methyl sites for hydroxylation is 1. The third kappa shape index (κ3) is 2.67. The van der Waals surface area contributed by atoms with Gasteiger partial charge in [-0.2, -0.15) is 5.10 Å². The van der Waals surface area contributed by atoms with E-state index in [1.54, 1.807) is 43.1 Å². The van der Waals surface area contributed by atoms with Crippen LogP contribution < -0.4 is 5.73 Å². The lowest BCUT2D eigenvalue weighted by Crippen LogP contribution is -2.48. The lowest BCUT2D eigenvalue weighted by Gasteiger charge is -2.28. The Balaban J connectivity index is 2.13. The molecule has 0 aromatic carbocycles. The fourth-order valence-corrected chi connectivity index (χ4v) is 2.51. The smallest absolute Gasteiger partial charge is 0.244 e. The van der Waals surface area contributed by atoms with Crippen molar-refractivity contribution in [2.45, 2.75) is 24.9 Å². The van der Waals surface area contributed by atoms with Crippen molar-refractivity contribution in [3.8, 4) is 0 Å². The Bertz CT molecular complexity index is 511. The van der Waals surface area contributed by atoms with E-state index in [9.17, 15) is 9.59 Å². The second-order valence-electron chi connectivity index (χ2n) is 5.35. The summed E-state index contributed by atoms with van der Waals surface area (Å²) >= 11 is 0. The predicted octanol–water partition coefficient (Wildman–Crippen LogP) is -0.501. The van der Waals surface area contributed by atoms with E-state index < -0.39 is 6.04 Å². The topological polar surface area (TPSA) is 84.5 Å². The second-order valence-corrected chi connectivity index (χ2v) is 5.35. The van der Waals surface area contributed by atoms with Gasteiger partial charge >= 0.3 is 0 Å². The second kappa shape index (κ2) is 5.62. The van der Waals surface area contributed by atoms with Crippen LogP contribution in [0.15, 0.2) is 12.4 Å². The molecule has 0 radical (unpaired) electrons. The van der Waals surface area contributed by atoms with E-state index in [-0.39, 0.29) is 17.9 Å². The lowest BCUT2D eigenvalue weighted by atomic mass is 10.1. The predicted molar refractivity (Wildman–Crippen MR) is 73.6 cm³/mol. The maximum Gasteiger partial charge on any atom is 0.244 e. The molecule has 1 fully saturated rings. The number of rotatable bonds is 3. The zero-order chi connectivity index (χ0) is 14.9. The summed E-state index contributed by atoms with van der Waals surface area (Å²) < 4.78 is 1.61. The third-order valence-electron chi connectivity index (χ3n) is 3.61. The monoisotopic (exact) mass is 279 g/mol. The first-order chi connectivity index (χ1) is 9.41. The number of carbonyl (C=O) groups is 2. The maximum absolute atomic E-state index is 12.5. The number of aromatic nitrogens is 2. The highest BCUT2D eigenvalue weighted by molar-refractivity contribution is 5.90. The van der Waals surface area contributed by atoms with Crippen molar-refractivity contribution in [3.63, 3.8) is 0 Å². The van der Waals surface area contributed by atoms with Gasteiger partial charge in [0.05, 0.1) is 6.20 Å². The zero-order valence-corrected chi connectivity index (χ0v) is 12.1. The standard InChI is InChI=1S/C13H21N5O2/c1-16(2)12(19)10-5-4-6-18(10)13(20)11(14)9-7-15-17(3)8-9/h7-8,10-11H,4-6,14H2,1-3H3. The van der Waals surface area contributed by atoms with Crippen LogP contribution in [-0.2, 0) is 16.6 Å². The van der Waals surface area contributed by atoms with Crippen LogP contribution >= 0.6 is 0 Å². The van der Waals surface area contributed by atoms with Gasteiger partial charge in [-0.1, -0.05) is 0 Å². The summed E-state index contributed by atoms with van der Waals surface area (Å²) in [6, 6.07) is -1.15. The number of nitrogens with zero attached hydrogens (tertiary/aromatic N) is 4. The molecule has 0 aliphatic carbocycles. The summed E-state index contributed by atoms with van der Waals surface area (Å²) in [5.41, 5.74) is 6.67. The fraction of sp³-hybridized carbons (Fsp3) is 0.615. The molecule has 2 N–H and O–H groups in total. The molecule has 0 saturated carbocycles. The Hall–Kier alpha value is -1.89. The van der Waals surface area contributed by atoms with Crippen molar-refractivity contribution in [1.82, 2.24) is 19.6 Å². The Morgan fingerprint density at radius 1 is 1.50 bits per heavy atom. The molecular weight excluding hydrogens is 258 g/mol. The van der Waals surface area contributed by atoms with Crippen molar-refractivity contribution in [3.05, 3.63) is 18.0 Å². The first kappa shape index (κ1) is 14.5. The fourth-order valence-electron chi connectivity index (χ4n) is 2.51. The van der Waals surface area contributed by atoms with Crippen molar-refractivity contribution in [2.24, 2.45) is 12.8 Å². The molecule has 1 saturated heterocycles. The van der Waals surface area contributed by atoms with Crippen LogP contribution in [0.5, 0.6) is 0 Å². The van der Waals surface area contributed by atoms with E-state index in [0.717, 1.165) is 6.42 Å². The number of likely N-dealkylation sites (tertiary alicyclic amines) is 1. The number of hydrogen-bond acceptors (Lipinski definition) is 4. The van der Waals surface area contributed by atoms with E-state index in [0.29, 0.717) is 18.5 Å².